The van der Waals surface area contributed by atoms with E-state index in [2.05, 4.69) is 6.58 Å². The van der Waals surface area contributed by atoms with Crippen molar-refractivity contribution in [2.24, 2.45) is 0 Å². The zero-order valence-electron chi connectivity index (χ0n) is 12.7. The third-order valence-electron chi connectivity index (χ3n) is 4.12. The Hall–Kier alpha value is -2.36. The maximum absolute atomic E-state index is 12.7. The molecule has 0 bridgehead atoms. The molecule has 2 aromatic carbocycles. The van der Waals surface area contributed by atoms with Gasteiger partial charge in [0.05, 0.1) is 11.0 Å². The second-order valence-electron chi connectivity index (χ2n) is 5.60. The van der Waals surface area contributed by atoms with E-state index in [1.807, 2.05) is 30.3 Å². The normalized spacial score (nSPS) is 15.5. The smallest absolute Gasteiger partial charge is 0.302 e. The van der Waals surface area contributed by atoms with Gasteiger partial charge in [0.1, 0.15) is 6.29 Å². The first-order valence-corrected chi connectivity index (χ1v) is 7.14. The maximum atomic E-state index is 12.7. The number of allylic oxidation sites excluding steroid dienone is 1. The fourth-order valence-electron chi connectivity index (χ4n) is 2.73. The maximum Gasteiger partial charge on any atom is 0.416 e. The molecule has 0 aliphatic rings. The lowest BCUT2D eigenvalue weighted by molar-refractivity contribution is -0.137. The molecule has 2 rings (SSSR count). The van der Waals surface area contributed by atoms with Gasteiger partial charge in [0.25, 0.3) is 0 Å². The average molecular weight is 318 g/mol. The highest BCUT2D eigenvalue weighted by Gasteiger charge is 2.36. The van der Waals surface area contributed by atoms with Crippen LogP contribution >= 0.6 is 0 Å². The molecule has 0 aromatic heterocycles. The molecular formula is C19H17F3O. The summed E-state index contributed by atoms with van der Waals surface area (Å²) in [5.74, 6) is -0.335. The SMILES string of the molecule is C=C[C@@H](c1ccccc1)[C@](C)(C=O)c1ccc(C(F)(F)F)cc1. The number of carbonyl (C=O) groups excluding carboxylic acids is 1. The molecule has 1 nitrogen and oxygen atoms in total. The van der Waals surface area contributed by atoms with E-state index in [1.165, 1.54) is 12.1 Å². The summed E-state index contributed by atoms with van der Waals surface area (Å²) in [5, 5.41) is 0. The molecule has 2 atom stereocenters. The number of carbonyl (C=O) groups is 1. The number of hydrogen-bond donors (Lipinski definition) is 0. The second kappa shape index (κ2) is 6.41. The van der Waals surface area contributed by atoms with Crippen LogP contribution in [0, 0.1) is 0 Å². The lowest BCUT2D eigenvalue weighted by Gasteiger charge is -2.32. The average Bonchev–Trinajstić information content (AvgIpc) is 2.55. The van der Waals surface area contributed by atoms with E-state index in [4.69, 9.17) is 0 Å². The van der Waals surface area contributed by atoms with Crippen LogP contribution < -0.4 is 0 Å². The summed E-state index contributed by atoms with van der Waals surface area (Å²) < 4.78 is 38.1. The van der Waals surface area contributed by atoms with Crippen LogP contribution in [0.3, 0.4) is 0 Å². The van der Waals surface area contributed by atoms with Crippen molar-refractivity contribution in [2.75, 3.05) is 0 Å². The van der Waals surface area contributed by atoms with Crippen LogP contribution in [0.15, 0.2) is 67.3 Å². The summed E-state index contributed by atoms with van der Waals surface area (Å²) in [4.78, 5) is 11.8. The summed E-state index contributed by atoms with van der Waals surface area (Å²) in [5.41, 5.74) is -0.316. The molecule has 2 aromatic rings. The van der Waals surface area contributed by atoms with Gasteiger partial charge in [0, 0.05) is 5.92 Å². The van der Waals surface area contributed by atoms with E-state index >= 15 is 0 Å². The molecular weight excluding hydrogens is 301 g/mol. The molecule has 0 aliphatic carbocycles. The highest BCUT2D eigenvalue weighted by atomic mass is 19.4. The van der Waals surface area contributed by atoms with Gasteiger partial charge in [-0.05, 0) is 30.2 Å². The van der Waals surface area contributed by atoms with Crippen molar-refractivity contribution in [1.29, 1.82) is 0 Å². The predicted octanol–water partition coefficient (Wildman–Crippen LogP) is 5.13. The van der Waals surface area contributed by atoms with Gasteiger partial charge in [-0.1, -0.05) is 48.5 Å². The van der Waals surface area contributed by atoms with E-state index in [9.17, 15) is 18.0 Å². The zero-order valence-corrected chi connectivity index (χ0v) is 12.7. The van der Waals surface area contributed by atoms with Crippen LogP contribution in [-0.4, -0.2) is 6.29 Å². The zero-order chi connectivity index (χ0) is 17.1. The monoisotopic (exact) mass is 318 g/mol. The standard InChI is InChI=1S/C19H17F3O/c1-3-17(14-7-5-4-6-8-14)18(2,13-23)15-9-11-16(12-10-15)19(20,21)22/h3-13,17H,1H2,2H3/t17-,18+/m0/s1. The molecule has 120 valence electrons. The third-order valence-corrected chi connectivity index (χ3v) is 4.12. The molecule has 0 saturated heterocycles. The Bertz CT molecular complexity index is 674. The van der Waals surface area contributed by atoms with Crippen molar-refractivity contribution in [1.82, 2.24) is 0 Å². The highest BCUT2D eigenvalue weighted by molar-refractivity contribution is 5.71. The van der Waals surface area contributed by atoms with Crippen LogP contribution in [-0.2, 0) is 16.4 Å². The van der Waals surface area contributed by atoms with E-state index < -0.39 is 17.2 Å². The minimum Gasteiger partial charge on any atom is -0.302 e. The molecule has 0 saturated carbocycles. The highest BCUT2D eigenvalue weighted by Crippen LogP contribution is 2.39. The van der Waals surface area contributed by atoms with Crippen molar-refractivity contribution < 1.29 is 18.0 Å². The van der Waals surface area contributed by atoms with Gasteiger partial charge in [0.15, 0.2) is 0 Å². The fraction of sp³-hybridized carbons (Fsp3) is 0.211. The van der Waals surface area contributed by atoms with E-state index in [0.29, 0.717) is 5.56 Å². The number of halogens is 3. The van der Waals surface area contributed by atoms with Crippen molar-refractivity contribution in [3.8, 4) is 0 Å². The number of benzene rings is 2. The molecule has 0 heterocycles. The van der Waals surface area contributed by atoms with Gasteiger partial charge in [-0.2, -0.15) is 13.2 Å². The van der Waals surface area contributed by atoms with Crippen molar-refractivity contribution >= 4 is 6.29 Å². The summed E-state index contributed by atoms with van der Waals surface area (Å²) in [6.07, 6.45) is -1.97. The van der Waals surface area contributed by atoms with E-state index in [1.54, 1.807) is 13.0 Å². The lowest BCUT2D eigenvalue weighted by Crippen LogP contribution is -2.31. The van der Waals surface area contributed by atoms with Crippen LogP contribution in [0.4, 0.5) is 13.2 Å². The summed E-state index contributed by atoms with van der Waals surface area (Å²) in [7, 11) is 0. The summed E-state index contributed by atoms with van der Waals surface area (Å²) in [6.45, 7) is 5.51. The second-order valence-corrected chi connectivity index (χ2v) is 5.60. The Balaban J connectivity index is 2.47. The number of aldehydes is 1. The first kappa shape index (κ1) is 17.0. The Morgan fingerprint density at radius 1 is 0.957 bits per heavy atom. The number of hydrogen-bond acceptors (Lipinski definition) is 1. The van der Waals surface area contributed by atoms with Crippen LogP contribution in [0.25, 0.3) is 0 Å². The number of rotatable bonds is 5. The van der Waals surface area contributed by atoms with E-state index in [0.717, 1.165) is 24.0 Å². The van der Waals surface area contributed by atoms with Gasteiger partial charge < -0.3 is 4.79 Å². The predicted molar refractivity (Wildman–Crippen MR) is 84.2 cm³/mol. The first-order chi connectivity index (χ1) is 10.8. The van der Waals surface area contributed by atoms with Gasteiger partial charge >= 0.3 is 6.18 Å². The van der Waals surface area contributed by atoms with Crippen molar-refractivity contribution in [3.63, 3.8) is 0 Å². The van der Waals surface area contributed by atoms with Gasteiger partial charge in [0.2, 0.25) is 0 Å². The first-order valence-electron chi connectivity index (χ1n) is 7.14. The van der Waals surface area contributed by atoms with Crippen molar-refractivity contribution in [3.05, 3.63) is 83.9 Å². The Morgan fingerprint density at radius 2 is 1.48 bits per heavy atom. The Labute approximate surface area is 133 Å². The lowest BCUT2D eigenvalue weighted by atomic mass is 9.70. The van der Waals surface area contributed by atoms with Crippen LogP contribution in [0.2, 0.25) is 0 Å². The minimum atomic E-state index is -4.40. The topological polar surface area (TPSA) is 17.1 Å². The minimum absolute atomic E-state index is 0.335. The van der Waals surface area contributed by atoms with Crippen LogP contribution in [0.1, 0.15) is 29.5 Å². The fourth-order valence-corrected chi connectivity index (χ4v) is 2.73. The van der Waals surface area contributed by atoms with E-state index in [-0.39, 0.29) is 5.92 Å². The molecule has 0 fully saturated rings. The Kier molecular flexibility index (Phi) is 4.73. The van der Waals surface area contributed by atoms with Gasteiger partial charge in [-0.3, -0.25) is 0 Å². The Morgan fingerprint density at radius 3 is 1.91 bits per heavy atom. The quantitative estimate of drug-likeness (QED) is 0.551. The summed E-state index contributed by atoms with van der Waals surface area (Å²) in [6, 6.07) is 14.0. The van der Waals surface area contributed by atoms with Crippen molar-refractivity contribution in [2.45, 2.75) is 24.4 Å². The molecule has 0 amide bonds. The number of alkyl halides is 3. The molecule has 0 spiro atoms. The molecule has 4 heteroatoms. The van der Waals surface area contributed by atoms with Crippen LogP contribution in [0.5, 0.6) is 0 Å². The molecule has 23 heavy (non-hydrogen) atoms. The van der Waals surface area contributed by atoms with Gasteiger partial charge in [-0.15, -0.1) is 6.58 Å². The molecule has 0 N–H and O–H groups in total. The molecule has 0 aliphatic heterocycles. The molecule has 0 unspecified atom stereocenters. The molecule has 0 radical (unpaired) electrons. The summed E-state index contributed by atoms with van der Waals surface area (Å²) >= 11 is 0. The largest absolute Gasteiger partial charge is 0.416 e. The third kappa shape index (κ3) is 3.36. The van der Waals surface area contributed by atoms with Gasteiger partial charge in [-0.25, -0.2) is 0 Å².